The summed E-state index contributed by atoms with van der Waals surface area (Å²) < 4.78 is 12.3. The Morgan fingerprint density at radius 1 is 0.317 bits per heavy atom. The summed E-state index contributed by atoms with van der Waals surface area (Å²) in [5.41, 5.74) is 19.3. The van der Waals surface area contributed by atoms with Crippen LogP contribution in [0, 0.1) is 0 Å². The van der Waals surface area contributed by atoms with Gasteiger partial charge in [-0.3, -0.25) is 0 Å². The lowest BCUT2D eigenvalue weighted by Crippen LogP contribution is -2.16. The van der Waals surface area contributed by atoms with Crippen LogP contribution in [-0.4, -0.2) is 0 Å². The molecule has 0 amide bonds. The van der Waals surface area contributed by atoms with Crippen molar-refractivity contribution in [3.05, 3.63) is 211 Å². The van der Waals surface area contributed by atoms with E-state index in [0.717, 1.165) is 60.9 Å². The molecule has 60 heavy (non-hydrogen) atoms. The summed E-state index contributed by atoms with van der Waals surface area (Å²) in [6, 6.07) is 72.1. The molecule has 0 radical (unpaired) electrons. The fourth-order valence-corrected chi connectivity index (χ4v) is 9.55. The van der Waals surface area contributed by atoms with Gasteiger partial charge in [-0.1, -0.05) is 147 Å². The number of fused-ring (bicyclic) bond motifs is 9. The van der Waals surface area contributed by atoms with E-state index in [2.05, 4.69) is 195 Å². The molecule has 3 nitrogen and oxygen atoms in total. The molecule has 0 fully saturated rings. The van der Waals surface area contributed by atoms with Gasteiger partial charge in [0.15, 0.2) is 0 Å². The Hall–Kier alpha value is -7.62. The van der Waals surface area contributed by atoms with Crippen molar-refractivity contribution in [2.45, 2.75) is 19.3 Å². The van der Waals surface area contributed by atoms with Gasteiger partial charge in [-0.15, -0.1) is 0 Å². The Kier molecular flexibility index (Phi) is 7.58. The van der Waals surface area contributed by atoms with Crippen molar-refractivity contribution in [2.24, 2.45) is 0 Å². The molecule has 9 aromatic carbocycles. The van der Waals surface area contributed by atoms with Gasteiger partial charge in [-0.05, 0) is 122 Å². The van der Waals surface area contributed by atoms with Crippen LogP contribution in [0.3, 0.4) is 0 Å². The fraction of sp³-hybridized carbons (Fsp3) is 0.0526. The number of anilines is 3. The molecule has 284 valence electrons. The van der Waals surface area contributed by atoms with Gasteiger partial charge in [0, 0.05) is 44.0 Å². The van der Waals surface area contributed by atoms with Crippen molar-refractivity contribution in [2.75, 3.05) is 4.90 Å². The third-order valence-electron chi connectivity index (χ3n) is 12.7. The van der Waals surface area contributed by atoms with Crippen LogP contribution in [0.1, 0.15) is 25.0 Å². The minimum absolute atomic E-state index is 0.109. The van der Waals surface area contributed by atoms with Gasteiger partial charge in [0.25, 0.3) is 0 Å². The average molecular weight is 770 g/mol. The molecule has 0 bridgehead atoms. The quantitative estimate of drug-likeness (QED) is 0.169. The number of hydrogen-bond acceptors (Lipinski definition) is 3. The summed E-state index contributed by atoms with van der Waals surface area (Å²) in [5, 5.41) is 4.52. The van der Waals surface area contributed by atoms with Gasteiger partial charge in [-0.2, -0.15) is 0 Å². The van der Waals surface area contributed by atoms with Crippen LogP contribution in [0.5, 0.6) is 0 Å². The number of rotatable bonds is 6. The summed E-state index contributed by atoms with van der Waals surface area (Å²) in [7, 11) is 0. The average Bonchev–Trinajstić information content (AvgIpc) is 3.94. The number of furan rings is 2. The summed E-state index contributed by atoms with van der Waals surface area (Å²) in [5.74, 6) is 0. The molecule has 0 saturated carbocycles. The molecule has 0 saturated heterocycles. The standard InChI is InChI=1S/C57H39NO2/c1-57(2)51-12-6-3-9-45(51)46-30-28-44(35-52(46)57)58(43-29-32-56-50(34-43)48-11-5-8-14-54(48)60-56)42-26-23-39(24-27-42)38-17-15-36(16-18-38)37-19-21-40(22-20-37)41-25-31-55-49(33-41)47-10-4-7-13-53(47)59-55/h3-35H,1-2H3. The van der Waals surface area contributed by atoms with E-state index in [4.69, 9.17) is 8.83 Å². The Morgan fingerprint density at radius 3 is 1.37 bits per heavy atom. The molecule has 0 spiro atoms. The van der Waals surface area contributed by atoms with E-state index in [1.54, 1.807) is 0 Å². The lowest BCUT2D eigenvalue weighted by molar-refractivity contribution is 0.660. The Morgan fingerprint density at radius 2 is 0.733 bits per heavy atom. The van der Waals surface area contributed by atoms with E-state index < -0.39 is 0 Å². The predicted octanol–water partition coefficient (Wildman–Crippen LogP) is 16.3. The number of benzene rings is 9. The second-order valence-corrected chi connectivity index (χ2v) is 16.5. The first kappa shape index (κ1) is 34.4. The van der Waals surface area contributed by atoms with E-state index in [1.165, 1.54) is 55.6 Å². The molecule has 3 heteroatoms. The van der Waals surface area contributed by atoms with Crippen LogP contribution < -0.4 is 4.90 Å². The van der Waals surface area contributed by atoms with Gasteiger partial charge < -0.3 is 13.7 Å². The van der Waals surface area contributed by atoms with Crippen molar-refractivity contribution < 1.29 is 8.83 Å². The summed E-state index contributed by atoms with van der Waals surface area (Å²) in [4.78, 5) is 2.38. The Balaban J connectivity index is 0.865. The van der Waals surface area contributed by atoms with Crippen LogP contribution in [0.4, 0.5) is 17.1 Å². The SMILES string of the molecule is CC1(C)c2ccccc2-c2ccc(N(c3ccc(-c4ccc(-c5ccc(-c6ccc7oc8ccccc8c7c6)cc5)cc4)cc3)c3ccc4oc5ccccc5c4c3)cc21. The highest BCUT2D eigenvalue weighted by Crippen LogP contribution is 2.51. The molecule has 0 atom stereocenters. The maximum atomic E-state index is 6.25. The van der Waals surface area contributed by atoms with Gasteiger partial charge >= 0.3 is 0 Å². The highest BCUT2D eigenvalue weighted by atomic mass is 16.3. The van der Waals surface area contributed by atoms with E-state index in [-0.39, 0.29) is 5.41 Å². The largest absolute Gasteiger partial charge is 0.456 e. The second kappa shape index (κ2) is 13.2. The van der Waals surface area contributed by atoms with Crippen molar-refractivity contribution in [1.29, 1.82) is 0 Å². The van der Waals surface area contributed by atoms with E-state index in [0.29, 0.717) is 0 Å². The molecule has 0 unspecified atom stereocenters. The molecule has 2 heterocycles. The van der Waals surface area contributed by atoms with Crippen LogP contribution >= 0.6 is 0 Å². The monoisotopic (exact) mass is 769 g/mol. The Bertz CT molecular complexity index is 3440. The lowest BCUT2D eigenvalue weighted by atomic mass is 9.82. The van der Waals surface area contributed by atoms with Gasteiger partial charge in [0.2, 0.25) is 0 Å². The summed E-state index contributed by atoms with van der Waals surface area (Å²) in [6.45, 7) is 4.68. The molecular weight excluding hydrogens is 731 g/mol. The zero-order valence-corrected chi connectivity index (χ0v) is 33.3. The van der Waals surface area contributed by atoms with Gasteiger partial charge in [0.05, 0.1) is 0 Å². The number of nitrogens with zero attached hydrogens (tertiary/aromatic N) is 1. The molecule has 0 aliphatic heterocycles. The zero-order valence-electron chi connectivity index (χ0n) is 33.3. The fourth-order valence-electron chi connectivity index (χ4n) is 9.55. The highest BCUT2D eigenvalue weighted by Gasteiger charge is 2.35. The van der Waals surface area contributed by atoms with E-state index >= 15 is 0 Å². The molecule has 2 aromatic heterocycles. The topological polar surface area (TPSA) is 29.5 Å². The van der Waals surface area contributed by atoms with Crippen molar-refractivity contribution in [1.82, 2.24) is 0 Å². The van der Waals surface area contributed by atoms with Crippen LogP contribution in [-0.2, 0) is 5.41 Å². The maximum Gasteiger partial charge on any atom is 0.135 e. The first-order valence-electron chi connectivity index (χ1n) is 20.6. The van der Waals surface area contributed by atoms with Crippen molar-refractivity contribution in [3.63, 3.8) is 0 Å². The molecular formula is C57H39NO2. The minimum atomic E-state index is -0.109. The van der Waals surface area contributed by atoms with Gasteiger partial charge in [-0.25, -0.2) is 0 Å². The Labute approximate surface area is 348 Å². The molecule has 12 rings (SSSR count). The molecule has 1 aliphatic carbocycles. The number of para-hydroxylation sites is 2. The maximum absolute atomic E-state index is 6.25. The first-order valence-corrected chi connectivity index (χ1v) is 20.6. The molecule has 11 aromatic rings. The van der Waals surface area contributed by atoms with Crippen molar-refractivity contribution in [3.8, 4) is 44.5 Å². The van der Waals surface area contributed by atoms with Crippen LogP contribution in [0.25, 0.3) is 88.4 Å². The predicted molar refractivity (Wildman–Crippen MR) is 250 cm³/mol. The molecule has 1 aliphatic rings. The lowest BCUT2D eigenvalue weighted by Gasteiger charge is -2.28. The van der Waals surface area contributed by atoms with Crippen LogP contribution in [0.2, 0.25) is 0 Å². The summed E-state index contributed by atoms with van der Waals surface area (Å²) in [6.07, 6.45) is 0. The van der Waals surface area contributed by atoms with Gasteiger partial charge in [0.1, 0.15) is 22.3 Å². The summed E-state index contributed by atoms with van der Waals surface area (Å²) >= 11 is 0. The second-order valence-electron chi connectivity index (χ2n) is 16.5. The van der Waals surface area contributed by atoms with E-state index in [9.17, 15) is 0 Å². The molecule has 0 N–H and O–H groups in total. The zero-order chi connectivity index (χ0) is 40.0. The van der Waals surface area contributed by atoms with Crippen LogP contribution in [0.15, 0.2) is 209 Å². The number of hydrogen-bond donors (Lipinski definition) is 0. The first-order chi connectivity index (χ1) is 29.5. The third-order valence-corrected chi connectivity index (χ3v) is 12.7. The normalized spacial score (nSPS) is 13.0. The third kappa shape index (κ3) is 5.43. The minimum Gasteiger partial charge on any atom is -0.456 e. The highest BCUT2D eigenvalue weighted by molar-refractivity contribution is 6.07. The smallest absolute Gasteiger partial charge is 0.135 e. The van der Waals surface area contributed by atoms with E-state index in [1.807, 2.05) is 24.3 Å². The van der Waals surface area contributed by atoms with Crippen molar-refractivity contribution >= 4 is 60.9 Å².